The summed E-state index contributed by atoms with van der Waals surface area (Å²) in [6.07, 6.45) is 0. The number of nitrogen functional groups attached to an aromatic ring is 1. The molecule has 3 N–H and O–H groups in total. The van der Waals surface area contributed by atoms with Crippen molar-refractivity contribution >= 4 is 16.9 Å². The fourth-order valence-electron chi connectivity index (χ4n) is 1.94. The predicted octanol–water partition coefficient (Wildman–Crippen LogP) is 3.10. The summed E-state index contributed by atoms with van der Waals surface area (Å²) in [7, 11) is 0. The molecule has 0 fully saturated rings. The van der Waals surface area contributed by atoms with Gasteiger partial charge >= 0.3 is 0 Å². The van der Waals surface area contributed by atoms with Crippen LogP contribution in [0.3, 0.4) is 0 Å². The van der Waals surface area contributed by atoms with Crippen LogP contribution >= 0.6 is 0 Å². The number of hydrogen-bond acceptors (Lipinski definition) is 4. The predicted molar refractivity (Wildman–Crippen MR) is 74.7 cm³/mol. The molecule has 1 aromatic carbocycles. The van der Waals surface area contributed by atoms with Crippen molar-refractivity contribution in [2.24, 2.45) is 0 Å². The number of rotatable bonds is 1. The topological polar surface area (TPSA) is 80.7 Å². The molecule has 2 heterocycles. The Morgan fingerprint density at radius 2 is 2.00 bits per heavy atom. The molecular formula is C14H16N4O. The third kappa shape index (κ3) is 2.07. The molecule has 0 amide bonds. The molecule has 0 atom stereocenters. The first-order valence-electron chi connectivity index (χ1n) is 6.16. The minimum absolute atomic E-state index is 0.00412. The van der Waals surface area contributed by atoms with Gasteiger partial charge in [-0.25, -0.2) is 4.98 Å². The smallest absolute Gasteiger partial charge is 0.169 e. The second-order valence-corrected chi connectivity index (χ2v) is 5.68. The van der Waals surface area contributed by atoms with Crippen molar-refractivity contribution in [2.45, 2.75) is 26.2 Å². The number of benzene rings is 1. The van der Waals surface area contributed by atoms with Crippen LogP contribution in [0.1, 0.15) is 26.6 Å². The maximum absolute atomic E-state index is 5.56. The quantitative estimate of drug-likeness (QED) is 0.701. The number of anilines is 1. The van der Waals surface area contributed by atoms with Crippen molar-refractivity contribution in [1.29, 1.82) is 0 Å². The summed E-state index contributed by atoms with van der Waals surface area (Å²) in [5, 5.41) is 3.69. The van der Waals surface area contributed by atoms with Crippen LogP contribution in [0.5, 0.6) is 0 Å². The molecular weight excluding hydrogens is 240 g/mol. The zero-order valence-corrected chi connectivity index (χ0v) is 11.2. The van der Waals surface area contributed by atoms with Gasteiger partial charge in [0.2, 0.25) is 0 Å². The molecule has 0 bridgehead atoms. The highest BCUT2D eigenvalue weighted by Gasteiger charge is 2.18. The van der Waals surface area contributed by atoms with Crippen molar-refractivity contribution in [1.82, 2.24) is 15.1 Å². The van der Waals surface area contributed by atoms with Crippen LogP contribution in [0.4, 0.5) is 5.82 Å². The SMILES string of the molecule is CC(C)(C)c1nc2ccc(-c3cc(N)no3)cc2[nH]1. The zero-order valence-electron chi connectivity index (χ0n) is 11.2. The summed E-state index contributed by atoms with van der Waals surface area (Å²) in [6, 6.07) is 7.63. The Kier molecular flexibility index (Phi) is 2.38. The van der Waals surface area contributed by atoms with E-state index in [2.05, 4.69) is 35.9 Å². The Hall–Kier alpha value is -2.30. The second kappa shape index (κ2) is 3.85. The van der Waals surface area contributed by atoms with Gasteiger partial charge in [-0.1, -0.05) is 25.9 Å². The van der Waals surface area contributed by atoms with Crippen molar-refractivity contribution in [3.63, 3.8) is 0 Å². The second-order valence-electron chi connectivity index (χ2n) is 5.68. The fraction of sp³-hybridized carbons (Fsp3) is 0.286. The van der Waals surface area contributed by atoms with Crippen LogP contribution in [0.25, 0.3) is 22.4 Å². The zero-order chi connectivity index (χ0) is 13.6. The van der Waals surface area contributed by atoms with Gasteiger partial charge in [0.1, 0.15) is 5.82 Å². The molecule has 0 aliphatic carbocycles. The van der Waals surface area contributed by atoms with Crippen LogP contribution in [0.2, 0.25) is 0 Å². The molecule has 19 heavy (non-hydrogen) atoms. The van der Waals surface area contributed by atoms with Gasteiger partial charge in [0, 0.05) is 17.0 Å². The van der Waals surface area contributed by atoms with Crippen molar-refractivity contribution in [2.75, 3.05) is 5.73 Å². The van der Waals surface area contributed by atoms with Gasteiger partial charge in [-0.05, 0) is 18.2 Å². The van der Waals surface area contributed by atoms with Crippen molar-refractivity contribution < 1.29 is 4.52 Å². The first-order valence-corrected chi connectivity index (χ1v) is 6.16. The summed E-state index contributed by atoms with van der Waals surface area (Å²) in [5.74, 6) is 2.01. The fourth-order valence-corrected chi connectivity index (χ4v) is 1.94. The summed E-state index contributed by atoms with van der Waals surface area (Å²) < 4.78 is 5.16. The Bertz CT molecular complexity index is 733. The summed E-state index contributed by atoms with van der Waals surface area (Å²) in [4.78, 5) is 7.95. The molecule has 5 nitrogen and oxygen atoms in total. The molecule has 0 saturated carbocycles. The van der Waals surface area contributed by atoms with Crippen LogP contribution in [-0.4, -0.2) is 15.1 Å². The molecule has 0 saturated heterocycles. The molecule has 3 rings (SSSR count). The van der Waals surface area contributed by atoms with Gasteiger partial charge in [-0.15, -0.1) is 0 Å². The molecule has 0 radical (unpaired) electrons. The third-order valence-corrected chi connectivity index (χ3v) is 3.01. The van der Waals surface area contributed by atoms with E-state index in [-0.39, 0.29) is 5.41 Å². The average Bonchev–Trinajstić information content (AvgIpc) is 2.92. The standard InChI is InChI=1S/C14H16N4O/c1-14(2,3)13-16-9-5-4-8(6-10(9)17-13)11-7-12(15)18-19-11/h4-7H,1-3H3,(H2,15,18)(H,16,17). The summed E-state index contributed by atoms with van der Waals surface area (Å²) in [6.45, 7) is 6.38. The number of nitrogens with one attached hydrogen (secondary N) is 1. The lowest BCUT2D eigenvalue weighted by atomic mass is 9.96. The number of imidazole rings is 1. The van der Waals surface area contributed by atoms with E-state index in [9.17, 15) is 0 Å². The lowest BCUT2D eigenvalue weighted by Gasteiger charge is -2.13. The van der Waals surface area contributed by atoms with E-state index in [0.29, 0.717) is 11.6 Å². The molecule has 0 aliphatic heterocycles. The highest BCUT2D eigenvalue weighted by atomic mass is 16.5. The molecule has 98 valence electrons. The number of hydrogen-bond donors (Lipinski definition) is 2. The largest absolute Gasteiger partial charge is 0.381 e. The number of aromatic amines is 1. The number of H-pyrrole nitrogens is 1. The van der Waals surface area contributed by atoms with E-state index in [1.54, 1.807) is 6.07 Å². The minimum atomic E-state index is -0.00412. The summed E-state index contributed by atoms with van der Waals surface area (Å²) in [5.41, 5.74) is 8.42. The van der Waals surface area contributed by atoms with Gasteiger partial charge in [0.05, 0.1) is 11.0 Å². The first-order chi connectivity index (χ1) is 8.93. The summed E-state index contributed by atoms with van der Waals surface area (Å²) >= 11 is 0. The van der Waals surface area contributed by atoms with E-state index in [1.807, 2.05) is 18.2 Å². The van der Waals surface area contributed by atoms with Crippen molar-refractivity contribution in [3.05, 3.63) is 30.1 Å². The highest BCUT2D eigenvalue weighted by Crippen LogP contribution is 2.27. The lowest BCUT2D eigenvalue weighted by molar-refractivity contribution is 0.436. The number of nitrogens with zero attached hydrogens (tertiary/aromatic N) is 2. The molecule has 2 aromatic heterocycles. The van der Waals surface area contributed by atoms with E-state index in [4.69, 9.17) is 10.3 Å². The maximum atomic E-state index is 5.56. The van der Waals surface area contributed by atoms with E-state index < -0.39 is 0 Å². The average molecular weight is 256 g/mol. The lowest BCUT2D eigenvalue weighted by Crippen LogP contribution is -2.12. The van der Waals surface area contributed by atoms with E-state index in [1.165, 1.54) is 0 Å². The molecule has 3 aromatic rings. The minimum Gasteiger partial charge on any atom is -0.381 e. The third-order valence-electron chi connectivity index (χ3n) is 3.01. The van der Waals surface area contributed by atoms with Crippen LogP contribution in [0, 0.1) is 0 Å². The first kappa shape index (κ1) is 11.8. The van der Waals surface area contributed by atoms with Crippen LogP contribution in [-0.2, 0) is 5.41 Å². The van der Waals surface area contributed by atoms with Gasteiger partial charge in [0.25, 0.3) is 0 Å². The Morgan fingerprint density at radius 1 is 1.21 bits per heavy atom. The highest BCUT2D eigenvalue weighted by molar-refractivity contribution is 5.81. The Balaban J connectivity index is 2.11. The monoisotopic (exact) mass is 256 g/mol. The molecule has 0 spiro atoms. The van der Waals surface area contributed by atoms with Crippen LogP contribution in [0.15, 0.2) is 28.8 Å². The number of fused-ring (bicyclic) bond motifs is 1. The molecule has 5 heteroatoms. The Labute approximate surface area is 110 Å². The van der Waals surface area contributed by atoms with Gasteiger partial charge in [-0.2, -0.15) is 0 Å². The number of nitrogens with two attached hydrogens (primary N) is 1. The molecule has 0 unspecified atom stereocenters. The van der Waals surface area contributed by atoms with Crippen LogP contribution < -0.4 is 5.73 Å². The van der Waals surface area contributed by atoms with Gasteiger partial charge < -0.3 is 15.2 Å². The van der Waals surface area contributed by atoms with Gasteiger partial charge in [0.15, 0.2) is 11.6 Å². The van der Waals surface area contributed by atoms with E-state index in [0.717, 1.165) is 22.4 Å². The van der Waals surface area contributed by atoms with E-state index >= 15 is 0 Å². The normalized spacial score (nSPS) is 12.2. The molecule has 0 aliphatic rings. The number of aromatic nitrogens is 3. The maximum Gasteiger partial charge on any atom is 0.169 e. The van der Waals surface area contributed by atoms with Gasteiger partial charge in [-0.3, -0.25) is 0 Å². The Morgan fingerprint density at radius 3 is 2.63 bits per heavy atom. The van der Waals surface area contributed by atoms with Crippen molar-refractivity contribution in [3.8, 4) is 11.3 Å².